The molecule has 0 aliphatic heterocycles. The zero-order valence-electron chi connectivity index (χ0n) is 5.26. The number of rotatable bonds is 1. The lowest BCUT2D eigenvalue weighted by atomic mass is 10.3. The number of aromatic hydroxyl groups is 1. The third-order valence-corrected chi connectivity index (χ3v) is 1.08. The van der Waals surface area contributed by atoms with Gasteiger partial charge in [-0.3, -0.25) is 0 Å². The van der Waals surface area contributed by atoms with Gasteiger partial charge in [0.25, 0.3) is 6.43 Å². The fourth-order valence-corrected chi connectivity index (χ4v) is 0.603. The molecule has 2 nitrogen and oxygen atoms in total. The van der Waals surface area contributed by atoms with E-state index < -0.39 is 23.8 Å². The van der Waals surface area contributed by atoms with E-state index in [0.717, 1.165) is 12.1 Å². The van der Waals surface area contributed by atoms with Gasteiger partial charge >= 0.3 is 0 Å². The summed E-state index contributed by atoms with van der Waals surface area (Å²) in [6.07, 6.45) is -2.95. The quantitative estimate of drug-likeness (QED) is 0.641. The molecule has 0 bridgehead atoms. The molecule has 0 radical (unpaired) electrons. The number of halogens is 3. The van der Waals surface area contributed by atoms with Crippen molar-refractivity contribution in [2.75, 3.05) is 0 Å². The minimum atomic E-state index is -2.95. The highest BCUT2D eigenvalue weighted by atomic mass is 19.3. The van der Waals surface area contributed by atoms with Crippen molar-refractivity contribution in [2.24, 2.45) is 0 Å². The number of pyridine rings is 1. The molecule has 5 heteroatoms. The summed E-state index contributed by atoms with van der Waals surface area (Å²) in [5.41, 5.74) is -0.926. The Morgan fingerprint density at radius 3 is 2.45 bits per heavy atom. The predicted molar refractivity (Wildman–Crippen MR) is 30.8 cm³/mol. The van der Waals surface area contributed by atoms with Crippen molar-refractivity contribution in [3.05, 3.63) is 23.8 Å². The molecule has 1 heterocycles. The molecule has 0 aliphatic carbocycles. The minimum absolute atomic E-state index is 0.693. The summed E-state index contributed by atoms with van der Waals surface area (Å²) in [5, 5.41) is 8.70. The predicted octanol–water partition coefficient (Wildman–Crippen LogP) is 1.86. The molecular formula is C6H4F3NO. The summed E-state index contributed by atoms with van der Waals surface area (Å²) < 4.78 is 35.8. The summed E-state index contributed by atoms with van der Waals surface area (Å²) in [7, 11) is 0. The van der Waals surface area contributed by atoms with E-state index in [4.69, 9.17) is 5.11 Å². The Morgan fingerprint density at radius 1 is 1.36 bits per heavy atom. The van der Waals surface area contributed by atoms with Crippen molar-refractivity contribution in [1.29, 1.82) is 0 Å². The van der Waals surface area contributed by atoms with Crippen LogP contribution in [-0.2, 0) is 0 Å². The van der Waals surface area contributed by atoms with Crippen LogP contribution in [0.4, 0.5) is 13.2 Å². The van der Waals surface area contributed by atoms with E-state index in [-0.39, 0.29) is 0 Å². The first kappa shape index (κ1) is 7.84. The molecular weight excluding hydrogens is 159 g/mol. The number of nitrogens with zero attached hydrogens (tertiary/aromatic N) is 1. The van der Waals surface area contributed by atoms with E-state index in [9.17, 15) is 13.2 Å². The smallest absolute Gasteiger partial charge is 0.284 e. The van der Waals surface area contributed by atoms with Gasteiger partial charge in [-0.25, -0.2) is 13.8 Å². The topological polar surface area (TPSA) is 33.1 Å². The highest BCUT2D eigenvalue weighted by molar-refractivity contribution is 5.26. The molecule has 0 aromatic carbocycles. The van der Waals surface area contributed by atoms with Crippen LogP contribution < -0.4 is 0 Å². The fraction of sp³-hybridized carbons (Fsp3) is 0.167. The lowest BCUT2D eigenvalue weighted by Crippen LogP contribution is -1.93. The Morgan fingerprint density at radius 2 is 2.00 bits per heavy atom. The van der Waals surface area contributed by atoms with Crippen molar-refractivity contribution in [3.63, 3.8) is 0 Å². The average molecular weight is 163 g/mol. The number of hydrogen-bond donors (Lipinski definition) is 1. The first-order valence-electron chi connectivity index (χ1n) is 2.75. The zero-order valence-corrected chi connectivity index (χ0v) is 5.26. The molecule has 11 heavy (non-hydrogen) atoms. The Bertz CT molecular complexity index is 264. The molecule has 0 aliphatic rings. The van der Waals surface area contributed by atoms with Crippen molar-refractivity contribution in [1.82, 2.24) is 4.98 Å². The second-order valence-electron chi connectivity index (χ2n) is 1.84. The third kappa shape index (κ3) is 1.60. The summed E-state index contributed by atoms with van der Waals surface area (Å²) in [5.74, 6) is -1.72. The highest BCUT2D eigenvalue weighted by Crippen LogP contribution is 2.25. The first-order chi connectivity index (χ1) is 5.11. The van der Waals surface area contributed by atoms with Gasteiger partial charge in [0.05, 0.1) is 0 Å². The fourth-order valence-electron chi connectivity index (χ4n) is 0.603. The first-order valence-corrected chi connectivity index (χ1v) is 2.75. The number of aromatic nitrogens is 1. The molecule has 0 atom stereocenters. The van der Waals surface area contributed by atoms with Gasteiger partial charge in [0.1, 0.15) is 5.75 Å². The van der Waals surface area contributed by atoms with Gasteiger partial charge in [-0.1, -0.05) is 0 Å². The van der Waals surface area contributed by atoms with Crippen LogP contribution in [-0.4, -0.2) is 10.1 Å². The van der Waals surface area contributed by atoms with E-state index >= 15 is 0 Å². The molecule has 0 fully saturated rings. The van der Waals surface area contributed by atoms with Crippen molar-refractivity contribution in [2.45, 2.75) is 6.43 Å². The molecule has 60 valence electrons. The highest BCUT2D eigenvalue weighted by Gasteiger charge is 2.14. The summed E-state index contributed by atoms with van der Waals surface area (Å²) in [4.78, 5) is 2.81. The standard InChI is InChI=1S/C6H4F3NO/c7-4-2-1-3(11)5(10-4)6(8)9/h1-2,6,11H. The molecule has 1 aromatic heterocycles. The summed E-state index contributed by atoms with van der Waals surface area (Å²) in [6.45, 7) is 0. The summed E-state index contributed by atoms with van der Waals surface area (Å²) >= 11 is 0. The Kier molecular flexibility index (Phi) is 1.98. The van der Waals surface area contributed by atoms with Crippen LogP contribution in [0.1, 0.15) is 12.1 Å². The third-order valence-electron chi connectivity index (χ3n) is 1.08. The van der Waals surface area contributed by atoms with Crippen molar-refractivity contribution >= 4 is 0 Å². The maximum atomic E-state index is 12.2. The van der Waals surface area contributed by atoms with Crippen LogP contribution in [0.25, 0.3) is 0 Å². The number of alkyl halides is 2. The summed E-state index contributed by atoms with van der Waals surface area (Å²) in [6, 6.07) is 1.64. The van der Waals surface area contributed by atoms with E-state index in [2.05, 4.69) is 4.98 Å². The van der Waals surface area contributed by atoms with Gasteiger partial charge in [0, 0.05) is 0 Å². The van der Waals surface area contributed by atoms with Crippen LogP contribution in [0.3, 0.4) is 0 Å². The van der Waals surface area contributed by atoms with E-state index in [1.807, 2.05) is 0 Å². The van der Waals surface area contributed by atoms with Gasteiger partial charge in [0.15, 0.2) is 5.69 Å². The maximum Gasteiger partial charge on any atom is 0.284 e. The van der Waals surface area contributed by atoms with E-state index in [1.165, 1.54) is 0 Å². The van der Waals surface area contributed by atoms with Crippen LogP contribution in [0.2, 0.25) is 0 Å². The number of hydrogen-bond acceptors (Lipinski definition) is 2. The van der Waals surface area contributed by atoms with Gasteiger partial charge < -0.3 is 5.11 Å². The Balaban J connectivity index is 3.13. The largest absolute Gasteiger partial charge is 0.506 e. The lowest BCUT2D eigenvalue weighted by molar-refractivity contribution is 0.140. The molecule has 1 N–H and O–H groups in total. The SMILES string of the molecule is Oc1ccc(F)nc1C(F)F. The van der Waals surface area contributed by atoms with Crippen LogP contribution in [0, 0.1) is 5.95 Å². The molecule has 0 amide bonds. The van der Waals surface area contributed by atoms with Crippen LogP contribution in [0.15, 0.2) is 12.1 Å². The Labute approximate surface area is 60.3 Å². The zero-order chi connectivity index (χ0) is 8.43. The van der Waals surface area contributed by atoms with E-state index in [1.54, 1.807) is 0 Å². The second kappa shape index (κ2) is 2.77. The van der Waals surface area contributed by atoms with Gasteiger partial charge in [-0.15, -0.1) is 0 Å². The average Bonchev–Trinajstić information content (AvgIpc) is 1.94. The van der Waals surface area contributed by atoms with Crippen LogP contribution >= 0.6 is 0 Å². The van der Waals surface area contributed by atoms with Gasteiger partial charge in [0.2, 0.25) is 5.95 Å². The molecule has 1 rings (SSSR count). The molecule has 0 spiro atoms. The van der Waals surface area contributed by atoms with Crippen LogP contribution in [0.5, 0.6) is 5.75 Å². The molecule has 0 saturated carbocycles. The Hall–Kier alpha value is -1.26. The lowest BCUT2D eigenvalue weighted by Gasteiger charge is -2.00. The minimum Gasteiger partial charge on any atom is -0.506 e. The van der Waals surface area contributed by atoms with Gasteiger partial charge in [-0.2, -0.15) is 4.39 Å². The second-order valence-corrected chi connectivity index (χ2v) is 1.84. The molecule has 0 saturated heterocycles. The molecule has 0 unspecified atom stereocenters. The monoisotopic (exact) mass is 163 g/mol. The normalized spacial score (nSPS) is 10.5. The van der Waals surface area contributed by atoms with E-state index in [0.29, 0.717) is 0 Å². The maximum absolute atomic E-state index is 12.2. The van der Waals surface area contributed by atoms with Crippen molar-refractivity contribution in [3.8, 4) is 5.75 Å². The van der Waals surface area contributed by atoms with Gasteiger partial charge in [-0.05, 0) is 12.1 Å². The molecule has 1 aromatic rings. The van der Waals surface area contributed by atoms with Crippen molar-refractivity contribution < 1.29 is 18.3 Å².